The maximum absolute atomic E-state index is 9.07. The van der Waals surface area contributed by atoms with E-state index in [1.54, 1.807) is 6.26 Å². The van der Waals surface area contributed by atoms with E-state index in [1.807, 2.05) is 19.1 Å². The van der Waals surface area contributed by atoms with Gasteiger partial charge >= 0.3 is 0 Å². The average Bonchev–Trinajstić information content (AvgIpc) is 2.83. The number of likely N-dealkylation sites (tertiary alicyclic amines) is 1. The van der Waals surface area contributed by atoms with Gasteiger partial charge < -0.3 is 15.3 Å². The number of piperidine rings is 1. The zero-order chi connectivity index (χ0) is 13.0. The molecule has 1 aliphatic heterocycles. The average molecular weight is 252 g/mol. The van der Waals surface area contributed by atoms with E-state index in [0.29, 0.717) is 5.92 Å². The maximum Gasteiger partial charge on any atom is 0.122 e. The third kappa shape index (κ3) is 3.13. The van der Waals surface area contributed by atoms with E-state index in [9.17, 15) is 0 Å². The fourth-order valence-corrected chi connectivity index (χ4v) is 3.00. The molecule has 4 heteroatoms. The van der Waals surface area contributed by atoms with E-state index in [1.165, 1.54) is 12.8 Å². The molecule has 18 heavy (non-hydrogen) atoms. The second-order valence-corrected chi connectivity index (χ2v) is 5.33. The Hall–Kier alpha value is -0.840. The van der Waals surface area contributed by atoms with Gasteiger partial charge in [-0.2, -0.15) is 0 Å². The summed E-state index contributed by atoms with van der Waals surface area (Å²) in [6.45, 7) is 4.38. The highest BCUT2D eigenvalue weighted by molar-refractivity contribution is 5.07. The van der Waals surface area contributed by atoms with E-state index < -0.39 is 0 Å². The molecule has 3 unspecified atom stereocenters. The summed E-state index contributed by atoms with van der Waals surface area (Å²) in [4.78, 5) is 2.41. The zero-order valence-corrected chi connectivity index (χ0v) is 11.1. The smallest absolute Gasteiger partial charge is 0.122 e. The van der Waals surface area contributed by atoms with Crippen molar-refractivity contribution in [2.45, 2.75) is 38.3 Å². The first-order valence-corrected chi connectivity index (χ1v) is 6.86. The van der Waals surface area contributed by atoms with Crippen LogP contribution in [-0.4, -0.2) is 35.7 Å². The van der Waals surface area contributed by atoms with Crippen molar-refractivity contribution in [3.05, 3.63) is 24.2 Å². The van der Waals surface area contributed by atoms with Crippen molar-refractivity contribution < 1.29 is 9.52 Å². The second kappa shape index (κ2) is 6.36. The van der Waals surface area contributed by atoms with Crippen LogP contribution >= 0.6 is 0 Å². The lowest BCUT2D eigenvalue weighted by atomic mass is 9.92. The monoisotopic (exact) mass is 252 g/mol. The van der Waals surface area contributed by atoms with Gasteiger partial charge in [0.1, 0.15) is 5.76 Å². The number of nitrogens with two attached hydrogens (primary N) is 1. The van der Waals surface area contributed by atoms with Gasteiger partial charge in [0.2, 0.25) is 0 Å². The lowest BCUT2D eigenvalue weighted by Crippen LogP contribution is -2.44. The van der Waals surface area contributed by atoms with Crippen molar-refractivity contribution in [2.24, 2.45) is 11.7 Å². The first-order valence-electron chi connectivity index (χ1n) is 6.86. The Morgan fingerprint density at radius 1 is 1.61 bits per heavy atom. The summed E-state index contributed by atoms with van der Waals surface area (Å²) < 4.78 is 5.53. The van der Waals surface area contributed by atoms with E-state index >= 15 is 0 Å². The highest BCUT2D eigenvalue weighted by Gasteiger charge is 2.30. The van der Waals surface area contributed by atoms with E-state index in [0.717, 1.165) is 25.3 Å². The lowest BCUT2D eigenvalue weighted by molar-refractivity contribution is 0.0856. The van der Waals surface area contributed by atoms with Gasteiger partial charge in [0.15, 0.2) is 0 Å². The Kier molecular flexibility index (Phi) is 4.80. The van der Waals surface area contributed by atoms with Crippen LogP contribution in [0.4, 0.5) is 0 Å². The van der Waals surface area contributed by atoms with Gasteiger partial charge in [0, 0.05) is 19.2 Å². The SMILES string of the molecule is CC(N)C(c1ccco1)N1CCCC(CCO)C1. The molecule has 0 aliphatic carbocycles. The van der Waals surface area contributed by atoms with Crippen molar-refractivity contribution in [1.29, 1.82) is 0 Å². The van der Waals surface area contributed by atoms with Crippen LogP contribution in [-0.2, 0) is 0 Å². The number of rotatable bonds is 5. The molecule has 1 aromatic heterocycles. The Morgan fingerprint density at radius 3 is 3.06 bits per heavy atom. The largest absolute Gasteiger partial charge is 0.468 e. The van der Waals surface area contributed by atoms with E-state index in [2.05, 4.69) is 4.90 Å². The summed E-state index contributed by atoms with van der Waals surface area (Å²) in [6.07, 6.45) is 4.98. The number of aliphatic hydroxyl groups is 1. The van der Waals surface area contributed by atoms with Crippen molar-refractivity contribution in [3.8, 4) is 0 Å². The summed E-state index contributed by atoms with van der Waals surface area (Å²) in [6, 6.07) is 4.12. The second-order valence-electron chi connectivity index (χ2n) is 5.33. The van der Waals surface area contributed by atoms with Crippen LogP contribution < -0.4 is 5.73 Å². The number of aliphatic hydroxyl groups excluding tert-OH is 1. The predicted molar refractivity (Wildman–Crippen MR) is 71.1 cm³/mol. The van der Waals surface area contributed by atoms with Crippen LogP contribution in [0.2, 0.25) is 0 Å². The van der Waals surface area contributed by atoms with Gasteiger partial charge in [0.25, 0.3) is 0 Å². The number of nitrogens with zero attached hydrogens (tertiary/aromatic N) is 1. The predicted octanol–water partition coefficient (Wildman–Crippen LogP) is 1.76. The molecule has 3 N–H and O–H groups in total. The quantitative estimate of drug-likeness (QED) is 0.838. The first-order chi connectivity index (χ1) is 8.72. The minimum Gasteiger partial charge on any atom is -0.468 e. The molecule has 0 radical (unpaired) electrons. The van der Waals surface area contributed by atoms with Crippen LogP contribution in [0.1, 0.15) is 38.0 Å². The normalized spacial score (nSPS) is 24.9. The summed E-state index contributed by atoms with van der Waals surface area (Å²) in [7, 11) is 0. The fourth-order valence-electron chi connectivity index (χ4n) is 3.00. The third-order valence-electron chi connectivity index (χ3n) is 3.81. The molecule has 0 amide bonds. The topological polar surface area (TPSA) is 62.6 Å². The molecule has 2 heterocycles. The minimum absolute atomic E-state index is 0.0454. The number of hydrogen-bond acceptors (Lipinski definition) is 4. The third-order valence-corrected chi connectivity index (χ3v) is 3.81. The van der Waals surface area contributed by atoms with Crippen molar-refractivity contribution >= 4 is 0 Å². The Balaban J connectivity index is 2.06. The van der Waals surface area contributed by atoms with Crippen molar-refractivity contribution in [3.63, 3.8) is 0 Å². The molecule has 0 aromatic carbocycles. The van der Waals surface area contributed by atoms with Gasteiger partial charge in [-0.15, -0.1) is 0 Å². The molecular weight excluding hydrogens is 228 g/mol. The van der Waals surface area contributed by atoms with E-state index in [4.69, 9.17) is 15.3 Å². The maximum atomic E-state index is 9.07. The van der Waals surface area contributed by atoms with E-state index in [-0.39, 0.29) is 18.7 Å². The number of furan rings is 1. The van der Waals surface area contributed by atoms with Crippen molar-refractivity contribution in [1.82, 2.24) is 4.90 Å². The van der Waals surface area contributed by atoms with Crippen molar-refractivity contribution in [2.75, 3.05) is 19.7 Å². The molecule has 1 saturated heterocycles. The highest BCUT2D eigenvalue weighted by atomic mass is 16.3. The Labute approximate surface area is 109 Å². The number of hydrogen-bond donors (Lipinski definition) is 2. The van der Waals surface area contributed by atoms with Gasteiger partial charge in [0.05, 0.1) is 12.3 Å². The van der Waals surface area contributed by atoms with Gasteiger partial charge in [-0.3, -0.25) is 4.90 Å². The van der Waals surface area contributed by atoms with Gasteiger partial charge in [-0.05, 0) is 50.8 Å². The standard InChI is InChI=1S/C14H24N2O2/c1-11(15)14(13-5-3-9-18-13)16-7-2-4-12(10-16)6-8-17/h3,5,9,11-12,14,17H,2,4,6-8,10,15H2,1H3. The minimum atomic E-state index is 0.0454. The van der Waals surface area contributed by atoms with Crippen LogP contribution in [0.25, 0.3) is 0 Å². The molecule has 2 rings (SSSR count). The van der Waals surface area contributed by atoms with Crippen LogP contribution in [0.5, 0.6) is 0 Å². The molecule has 1 aliphatic rings. The molecule has 3 atom stereocenters. The Bertz CT molecular complexity index is 336. The molecule has 102 valence electrons. The molecule has 1 fully saturated rings. The van der Waals surface area contributed by atoms with Crippen LogP contribution in [0.15, 0.2) is 22.8 Å². The first kappa shape index (κ1) is 13.6. The fraction of sp³-hybridized carbons (Fsp3) is 0.714. The lowest BCUT2D eigenvalue weighted by Gasteiger charge is -2.39. The molecule has 0 saturated carbocycles. The van der Waals surface area contributed by atoms with Crippen LogP contribution in [0, 0.1) is 5.92 Å². The molecule has 4 nitrogen and oxygen atoms in total. The molecular formula is C14H24N2O2. The summed E-state index contributed by atoms with van der Waals surface area (Å²) in [5, 5.41) is 9.07. The highest BCUT2D eigenvalue weighted by Crippen LogP contribution is 2.30. The molecule has 1 aromatic rings. The van der Waals surface area contributed by atoms with Crippen LogP contribution in [0.3, 0.4) is 0 Å². The molecule has 0 spiro atoms. The zero-order valence-electron chi connectivity index (χ0n) is 11.1. The van der Waals surface area contributed by atoms with Gasteiger partial charge in [-0.1, -0.05) is 0 Å². The molecule has 0 bridgehead atoms. The summed E-state index contributed by atoms with van der Waals surface area (Å²) in [5.74, 6) is 1.54. The Morgan fingerprint density at radius 2 is 2.44 bits per heavy atom. The summed E-state index contributed by atoms with van der Waals surface area (Å²) in [5.41, 5.74) is 6.13. The summed E-state index contributed by atoms with van der Waals surface area (Å²) >= 11 is 0. The van der Waals surface area contributed by atoms with Gasteiger partial charge in [-0.25, -0.2) is 0 Å².